The maximum atomic E-state index is 6.39. The lowest BCUT2D eigenvalue weighted by molar-refractivity contribution is 0.383. The summed E-state index contributed by atoms with van der Waals surface area (Å²) in [5.74, 6) is 1.47. The van der Waals surface area contributed by atoms with E-state index in [1.807, 2.05) is 24.3 Å². The lowest BCUT2D eigenvalue weighted by atomic mass is 9.96. The van der Waals surface area contributed by atoms with Gasteiger partial charge in [-0.1, -0.05) is 24.3 Å². The molecule has 1 unspecified atom stereocenters. The number of hydrogen-bond donors (Lipinski definition) is 1. The Morgan fingerprint density at radius 1 is 1.10 bits per heavy atom. The number of benzene rings is 2. The third-order valence-corrected chi connectivity index (χ3v) is 4.37. The average Bonchev–Trinajstić information content (AvgIpc) is 2.49. The van der Waals surface area contributed by atoms with Crippen molar-refractivity contribution in [3.63, 3.8) is 0 Å². The first-order valence-electron chi connectivity index (χ1n) is 6.79. The van der Waals surface area contributed by atoms with Crippen molar-refractivity contribution in [2.75, 3.05) is 14.2 Å². The second-order valence-electron chi connectivity index (χ2n) is 4.94. The molecule has 21 heavy (non-hydrogen) atoms. The number of rotatable bonds is 5. The van der Waals surface area contributed by atoms with Crippen LogP contribution in [0, 0.1) is 6.92 Å². The van der Waals surface area contributed by atoms with E-state index in [9.17, 15) is 0 Å². The summed E-state index contributed by atoms with van der Waals surface area (Å²) in [6.07, 6.45) is 0.766. The molecule has 0 saturated heterocycles. The van der Waals surface area contributed by atoms with Crippen LogP contribution in [0.5, 0.6) is 11.5 Å². The van der Waals surface area contributed by atoms with Crippen LogP contribution >= 0.6 is 15.9 Å². The number of hydrogen-bond acceptors (Lipinski definition) is 3. The number of ether oxygens (including phenoxy) is 2. The van der Waals surface area contributed by atoms with E-state index < -0.39 is 0 Å². The first-order chi connectivity index (χ1) is 10.1. The van der Waals surface area contributed by atoms with Crippen molar-refractivity contribution in [3.8, 4) is 11.5 Å². The smallest absolute Gasteiger partial charge is 0.141 e. The van der Waals surface area contributed by atoms with Crippen LogP contribution in [-0.2, 0) is 6.42 Å². The van der Waals surface area contributed by atoms with E-state index in [0.29, 0.717) is 0 Å². The average molecular weight is 350 g/mol. The van der Waals surface area contributed by atoms with Gasteiger partial charge in [-0.15, -0.1) is 0 Å². The van der Waals surface area contributed by atoms with E-state index in [1.165, 1.54) is 11.1 Å². The molecule has 2 aromatic carbocycles. The van der Waals surface area contributed by atoms with E-state index in [4.69, 9.17) is 15.2 Å². The minimum atomic E-state index is -0.136. The van der Waals surface area contributed by atoms with Gasteiger partial charge in [-0.25, -0.2) is 0 Å². The summed E-state index contributed by atoms with van der Waals surface area (Å²) >= 11 is 3.52. The molecule has 0 saturated carbocycles. The SMILES string of the molecule is COc1ccc(C(N)Cc2ccccc2C)c(OC)c1Br. The molecule has 2 rings (SSSR count). The quantitative estimate of drug-likeness (QED) is 0.886. The zero-order chi connectivity index (χ0) is 15.4. The summed E-state index contributed by atoms with van der Waals surface area (Å²) in [6, 6.07) is 12.0. The molecular formula is C17H20BrNO2. The molecule has 3 nitrogen and oxygen atoms in total. The van der Waals surface area contributed by atoms with Gasteiger partial charge in [0.05, 0.1) is 14.2 Å². The van der Waals surface area contributed by atoms with Gasteiger partial charge in [0.2, 0.25) is 0 Å². The highest BCUT2D eigenvalue weighted by atomic mass is 79.9. The van der Waals surface area contributed by atoms with Gasteiger partial charge in [0, 0.05) is 11.6 Å². The Kier molecular flexibility index (Phi) is 5.26. The van der Waals surface area contributed by atoms with Gasteiger partial charge in [0.15, 0.2) is 0 Å². The predicted octanol–water partition coefficient (Wildman–Crippen LogP) is 4.02. The van der Waals surface area contributed by atoms with Crippen molar-refractivity contribution in [1.82, 2.24) is 0 Å². The zero-order valence-electron chi connectivity index (χ0n) is 12.5. The molecule has 112 valence electrons. The second kappa shape index (κ2) is 6.96. The summed E-state index contributed by atoms with van der Waals surface area (Å²) in [7, 11) is 3.27. The van der Waals surface area contributed by atoms with E-state index >= 15 is 0 Å². The highest BCUT2D eigenvalue weighted by molar-refractivity contribution is 9.10. The van der Waals surface area contributed by atoms with E-state index in [0.717, 1.165) is 28.0 Å². The standard InChI is InChI=1S/C17H20BrNO2/c1-11-6-4-5-7-12(11)10-14(19)13-8-9-15(20-2)16(18)17(13)21-3/h4-9,14H,10,19H2,1-3H3. The van der Waals surface area contributed by atoms with Crippen LogP contribution in [0.15, 0.2) is 40.9 Å². The first kappa shape index (κ1) is 15.9. The summed E-state index contributed by atoms with van der Waals surface area (Å²) < 4.78 is 11.6. The maximum Gasteiger partial charge on any atom is 0.141 e. The van der Waals surface area contributed by atoms with Crippen LogP contribution in [0.25, 0.3) is 0 Å². The fourth-order valence-corrected chi connectivity index (χ4v) is 3.08. The highest BCUT2D eigenvalue weighted by Crippen LogP contribution is 2.39. The summed E-state index contributed by atoms with van der Waals surface area (Å²) in [5.41, 5.74) is 9.86. The summed E-state index contributed by atoms with van der Waals surface area (Å²) in [4.78, 5) is 0. The maximum absolute atomic E-state index is 6.39. The Morgan fingerprint density at radius 3 is 2.43 bits per heavy atom. The lowest BCUT2D eigenvalue weighted by Gasteiger charge is -2.19. The van der Waals surface area contributed by atoms with E-state index in [2.05, 4.69) is 35.0 Å². The lowest BCUT2D eigenvalue weighted by Crippen LogP contribution is -2.15. The third kappa shape index (κ3) is 3.39. The van der Waals surface area contributed by atoms with Gasteiger partial charge in [-0.05, 0) is 52.5 Å². The summed E-state index contributed by atoms with van der Waals surface area (Å²) in [6.45, 7) is 2.10. The molecular weight excluding hydrogens is 330 g/mol. The largest absolute Gasteiger partial charge is 0.495 e. The fraction of sp³-hybridized carbons (Fsp3) is 0.294. The van der Waals surface area contributed by atoms with Crippen molar-refractivity contribution in [2.24, 2.45) is 5.73 Å². The first-order valence-corrected chi connectivity index (χ1v) is 7.58. The van der Waals surface area contributed by atoms with Crippen molar-refractivity contribution in [1.29, 1.82) is 0 Å². The van der Waals surface area contributed by atoms with Crippen LogP contribution in [-0.4, -0.2) is 14.2 Å². The normalized spacial score (nSPS) is 12.0. The highest BCUT2D eigenvalue weighted by Gasteiger charge is 2.18. The van der Waals surface area contributed by atoms with Crippen molar-refractivity contribution < 1.29 is 9.47 Å². The summed E-state index contributed by atoms with van der Waals surface area (Å²) in [5, 5.41) is 0. The number of aryl methyl sites for hydroxylation is 1. The topological polar surface area (TPSA) is 44.5 Å². The molecule has 0 heterocycles. The Labute approximate surface area is 134 Å². The van der Waals surface area contributed by atoms with Crippen molar-refractivity contribution in [3.05, 3.63) is 57.6 Å². The van der Waals surface area contributed by atoms with Gasteiger partial charge < -0.3 is 15.2 Å². The zero-order valence-corrected chi connectivity index (χ0v) is 14.1. The Bertz CT molecular complexity index is 628. The molecule has 0 aliphatic rings. The van der Waals surface area contributed by atoms with Crippen LogP contribution < -0.4 is 15.2 Å². The van der Waals surface area contributed by atoms with Gasteiger partial charge in [0.25, 0.3) is 0 Å². The molecule has 2 aromatic rings. The van der Waals surface area contributed by atoms with Gasteiger partial charge >= 0.3 is 0 Å². The van der Waals surface area contributed by atoms with Gasteiger partial charge in [-0.3, -0.25) is 0 Å². The molecule has 0 radical (unpaired) electrons. The van der Waals surface area contributed by atoms with E-state index in [-0.39, 0.29) is 6.04 Å². The van der Waals surface area contributed by atoms with Crippen LogP contribution in [0.1, 0.15) is 22.7 Å². The molecule has 1 atom stereocenters. The molecule has 0 fully saturated rings. The fourth-order valence-electron chi connectivity index (χ4n) is 2.40. The monoisotopic (exact) mass is 349 g/mol. The predicted molar refractivity (Wildman–Crippen MR) is 89.1 cm³/mol. The Balaban J connectivity index is 2.33. The molecule has 0 spiro atoms. The molecule has 0 bridgehead atoms. The second-order valence-corrected chi connectivity index (χ2v) is 5.73. The minimum Gasteiger partial charge on any atom is -0.495 e. The molecule has 4 heteroatoms. The Hall–Kier alpha value is -1.52. The Morgan fingerprint density at radius 2 is 1.81 bits per heavy atom. The molecule has 0 amide bonds. The molecule has 0 aromatic heterocycles. The van der Waals surface area contributed by atoms with Crippen molar-refractivity contribution >= 4 is 15.9 Å². The van der Waals surface area contributed by atoms with Gasteiger partial charge in [0.1, 0.15) is 16.0 Å². The minimum absolute atomic E-state index is 0.136. The molecule has 2 N–H and O–H groups in total. The number of halogens is 1. The number of methoxy groups -OCH3 is 2. The van der Waals surface area contributed by atoms with Crippen LogP contribution in [0.2, 0.25) is 0 Å². The van der Waals surface area contributed by atoms with Crippen LogP contribution in [0.4, 0.5) is 0 Å². The molecule has 0 aliphatic carbocycles. The number of nitrogens with two attached hydrogens (primary N) is 1. The molecule has 0 aliphatic heterocycles. The van der Waals surface area contributed by atoms with Gasteiger partial charge in [-0.2, -0.15) is 0 Å². The van der Waals surface area contributed by atoms with Crippen molar-refractivity contribution in [2.45, 2.75) is 19.4 Å². The van der Waals surface area contributed by atoms with E-state index in [1.54, 1.807) is 14.2 Å². The van der Waals surface area contributed by atoms with Crippen LogP contribution in [0.3, 0.4) is 0 Å². The third-order valence-electron chi connectivity index (χ3n) is 3.62.